The third-order valence-electron chi connectivity index (χ3n) is 2.16. The van der Waals surface area contributed by atoms with Crippen LogP contribution in [-0.4, -0.2) is 11.4 Å². The molecule has 0 saturated carbocycles. The normalized spacial score (nSPS) is 19.5. The molecule has 0 N–H and O–H groups in total. The SMILES string of the molecule is O=Cc1noc2c1C(F)(F)CCC2. The van der Waals surface area contributed by atoms with Crippen LogP contribution < -0.4 is 0 Å². The molecular weight excluding hydrogens is 180 g/mol. The quantitative estimate of drug-likeness (QED) is 0.631. The van der Waals surface area contributed by atoms with Crippen LogP contribution in [0.15, 0.2) is 4.52 Å². The molecule has 0 radical (unpaired) electrons. The van der Waals surface area contributed by atoms with Gasteiger partial charge < -0.3 is 4.52 Å². The van der Waals surface area contributed by atoms with Gasteiger partial charge in [-0.3, -0.25) is 4.79 Å². The molecule has 1 aliphatic rings. The maximum absolute atomic E-state index is 13.2. The Morgan fingerprint density at radius 2 is 2.31 bits per heavy atom. The summed E-state index contributed by atoms with van der Waals surface area (Å²) in [5.74, 6) is -2.80. The summed E-state index contributed by atoms with van der Waals surface area (Å²) in [6, 6.07) is 0. The number of carbonyl (C=O) groups excluding carboxylic acids is 1. The molecule has 70 valence electrons. The van der Waals surface area contributed by atoms with Crippen LogP contribution in [0.1, 0.15) is 34.7 Å². The van der Waals surface area contributed by atoms with Gasteiger partial charge in [0.1, 0.15) is 5.76 Å². The van der Waals surface area contributed by atoms with Crippen LogP contribution in [0, 0.1) is 0 Å². The minimum absolute atomic E-state index is 0.151. The number of aromatic nitrogens is 1. The van der Waals surface area contributed by atoms with Crippen molar-refractivity contribution in [2.75, 3.05) is 0 Å². The lowest BCUT2D eigenvalue weighted by molar-refractivity contribution is -0.0240. The first kappa shape index (κ1) is 8.34. The van der Waals surface area contributed by atoms with E-state index >= 15 is 0 Å². The smallest absolute Gasteiger partial charge is 0.278 e. The second-order valence-corrected chi connectivity index (χ2v) is 3.04. The number of nitrogens with zero attached hydrogens (tertiary/aromatic N) is 1. The first-order valence-electron chi connectivity index (χ1n) is 3.97. The van der Waals surface area contributed by atoms with E-state index in [0.29, 0.717) is 19.1 Å². The average Bonchev–Trinajstić information content (AvgIpc) is 2.48. The second kappa shape index (κ2) is 2.61. The standard InChI is InChI=1S/C8H7F2NO2/c9-8(10)3-1-2-6-7(8)5(4-12)11-13-6/h4H,1-3H2. The molecule has 1 aliphatic carbocycles. The largest absolute Gasteiger partial charge is 0.360 e. The van der Waals surface area contributed by atoms with Gasteiger partial charge in [0.15, 0.2) is 12.0 Å². The Morgan fingerprint density at radius 1 is 1.54 bits per heavy atom. The fourth-order valence-electron chi connectivity index (χ4n) is 1.58. The summed E-state index contributed by atoms with van der Waals surface area (Å²) < 4.78 is 31.1. The van der Waals surface area contributed by atoms with Gasteiger partial charge in [0.2, 0.25) is 0 Å². The van der Waals surface area contributed by atoms with E-state index in [1.54, 1.807) is 0 Å². The van der Waals surface area contributed by atoms with E-state index in [0.717, 1.165) is 0 Å². The first-order valence-corrected chi connectivity index (χ1v) is 3.97. The van der Waals surface area contributed by atoms with E-state index in [1.807, 2.05) is 0 Å². The van der Waals surface area contributed by atoms with Gasteiger partial charge in [-0.25, -0.2) is 8.78 Å². The summed E-state index contributed by atoms with van der Waals surface area (Å²) in [6.07, 6.45) is 0.878. The monoisotopic (exact) mass is 187 g/mol. The maximum atomic E-state index is 13.2. The van der Waals surface area contributed by atoms with Gasteiger partial charge in [-0.2, -0.15) is 0 Å². The van der Waals surface area contributed by atoms with Crippen LogP contribution in [-0.2, 0) is 12.3 Å². The molecule has 1 aromatic rings. The number of aldehydes is 1. The number of fused-ring (bicyclic) bond motifs is 1. The fourth-order valence-corrected chi connectivity index (χ4v) is 1.58. The minimum atomic E-state index is -2.95. The summed E-state index contributed by atoms with van der Waals surface area (Å²) in [7, 11) is 0. The molecular formula is C8H7F2NO2. The molecule has 0 aromatic carbocycles. The highest BCUT2D eigenvalue weighted by molar-refractivity contribution is 5.75. The predicted octanol–water partition coefficient (Wildman–Crippen LogP) is 1.92. The third kappa shape index (κ3) is 1.15. The van der Waals surface area contributed by atoms with Crippen molar-refractivity contribution in [3.05, 3.63) is 17.0 Å². The molecule has 0 bridgehead atoms. The van der Waals surface area contributed by atoms with Crippen molar-refractivity contribution in [2.24, 2.45) is 0 Å². The maximum Gasteiger partial charge on any atom is 0.278 e. The molecule has 13 heavy (non-hydrogen) atoms. The lowest BCUT2D eigenvalue weighted by Gasteiger charge is -2.19. The van der Waals surface area contributed by atoms with Crippen molar-refractivity contribution in [2.45, 2.75) is 25.2 Å². The van der Waals surface area contributed by atoms with E-state index < -0.39 is 5.92 Å². The third-order valence-corrected chi connectivity index (χ3v) is 2.16. The van der Waals surface area contributed by atoms with Crippen molar-refractivity contribution in [1.82, 2.24) is 5.16 Å². The van der Waals surface area contributed by atoms with Crippen LogP contribution in [0.2, 0.25) is 0 Å². The van der Waals surface area contributed by atoms with Gasteiger partial charge in [0.05, 0.1) is 5.56 Å². The Hall–Kier alpha value is -1.26. The number of rotatable bonds is 1. The molecule has 0 amide bonds. The number of hydrogen-bond acceptors (Lipinski definition) is 3. The van der Waals surface area contributed by atoms with E-state index in [1.165, 1.54) is 0 Å². The summed E-state index contributed by atoms with van der Waals surface area (Å²) in [5, 5.41) is 3.29. The van der Waals surface area contributed by atoms with Crippen LogP contribution in [0.5, 0.6) is 0 Å². The molecule has 1 heterocycles. The zero-order valence-electron chi connectivity index (χ0n) is 6.72. The van der Waals surface area contributed by atoms with Crippen molar-refractivity contribution >= 4 is 6.29 Å². The molecule has 0 atom stereocenters. The Kier molecular flexibility index (Phi) is 1.68. The van der Waals surface area contributed by atoms with Crippen molar-refractivity contribution in [3.63, 3.8) is 0 Å². The lowest BCUT2D eigenvalue weighted by Crippen LogP contribution is -2.20. The number of halogens is 2. The Morgan fingerprint density at radius 3 is 3.00 bits per heavy atom. The number of carbonyl (C=O) groups is 1. The van der Waals surface area contributed by atoms with Crippen LogP contribution in [0.3, 0.4) is 0 Å². The molecule has 0 spiro atoms. The first-order chi connectivity index (χ1) is 6.15. The fraction of sp³-hybridized carbons (Fsp3) is 0.500. The van der Waals surface area contributed by atoms with Gasteiger partial charge in [0, 0.05) is 12.8 Å². The zero-order valence-corrected chi connectivity index (χ0v) is 6.72. The molecule has 0 unspecified atom stereocenters. The summed E-state index contributed by atoms with van der Waals surface area (Å²) in [4.78, 5) is 10.4. The summed E-state index contributed by atoms with van der Waals surface area (Å²) in [5.41, 5.74) is -0.576. The Bertz CT molecular complexity index is 346. The highest BCUT2D eigenvalue weighted by Crippen LogP contribution is 2.41. The number of alkyl halides is 2. The minimum Gasteiger partial charge on any atom is -0.360 e. The predicted molar refractivity (Wildman–Crippen MR) is 38.7 cm³/mol. The van der Waals surface area contributed by atoms with Gasteiger partial charge in [0.25, 0.3) is 5.92 Å². The van der Waals surface area contributed by atoms with E-state index in [2.05, 4.69) is 9.68 Å². The van der Waals surface area contributed by atoms with Crippen LogP contribution in [0.25, 0.3) is 0 Å². The van der Waals surface area contributed by atoms with E-state index in [-0.39, 0.29) is 23.4 Å². The highest BCUT2D eigenvalue weighted by atomic mass is 19.3. The van der Waals surface area contributed by atoms with Crippen molar-refractivity contribution < 1.29 is 18.1 Å². The molecule has 5 heteroatoms. The van der Waals surface area contributed by atoms with Crippen LogP contribution in [0.4, 0.5) is 8.78 Å². The number of hydrogen-bond donors (Lipinski definition) is 0. The van der Waals surface area contributed by atoms with Crippen molar-refractivity contribution in [3.8, 4) is 0 Å². The van der Waals surface area contributed by atoms with Gasteiger partial charge in [-0.15, -0.1) is 0 Å². The Labute approximate surface area is 72.7 Å². The lowest BCUT2D eigenvalue weighted by atomic mass is 9.93. The topological polar surface area (TPSA) is 43.1 Å². The second-order valence-electron chi connectivity index (χ2n) is 3.04. The van der Waals surface area contributed by atoms with E-state index in [4.69, 9.17) is 0 Å². The van der Waals surface area contributed by atoms with Crippen molar-refractivity contribution in [1.29, 1.82) is 0 Å². The summed E-state index contributed by atoms with van der Waals surface area (Å²) >= 11 is 0. The van der Waals surface area contributed by atoms with Gasteiger partial charge in [-0.1, -0.05) is 5.16 Å². The van der Waals surface area contributed by atoms with Crippen LogP contribution >= 0.6 is 0 Å². The summed E-state index contributed by atoms with van der Waals surface area (Å²) in [6.45, 7) is 0. The molecule has 0 saturated heterocycles. The molecule has 1 aromatic heterocycles. The zero-order chi connectivity index (χ0) is 9.47. The highest BCUT2D eigenvalue weighted by Gasteiger charge is 2.42. The average molecular weight is 187 g/mol. The van der Waals surface area contributed by atoms with E-state index in [9.17, 15) is 13.6 Å². The number of aryl methyl sites for hydroxylation is 1. The Balaban J connectivity index is 2.58. The molecule has 2 rings (SSSR count). The molecule has 3 nitrogen and oxygen atoms in total. The van der Waals surface area contributed by atoms with Gasteiger partial charge >= 0.3 is 0 Å². The molecule has 0 aliphatic heterocycles. The molecule has 0 fully saturated rings. The van der Waals surface area contributed by atoms with Gasteiger partial charge in [-0.05, 0) is 6.42 Å².